The number of aromatic nitrogens is 1. The highest BCUT2D eigenvalue weighted by Gasteiger charge is 2.15. The maximum Gasteiger partial charge on any atom is 0.122 e. The van der Waals surface area contributed by atoms with Gasteiger partial charge in [-0.25, -0.2) is 0 Å². The second-order valence-corrected chi connectivity index (χ2v) is 4.94. The standard InChI is InChI=1S/C13H21N3/c1-9(2)5-6-13-12(15)7-11(8-14)16(13)10(3)4/h7,9-10H,5-6,15H2,1-4H3. The Labute approximate surface area is 97.9 Å². The Kier molecular flexibility index (Phi) is 4.00. The molecule has 1 heterocycles. The average Bonchev–Trinajstić information content (AvgIpc) is 2.51. The molecule has 3 nitrogen and oxygen atoms in total. The summed E-state index contributed by atoms with van der Waals surface area (Å²) in [6.45, 7) is 8.56. The van der Waals surface area contributed by atoms with Crippen molar-refractivity contribution < 1.29 is 0 Å². The number of nitriles is 1. The Balaban J connectivity index is 3.06. The molecule has 0 saturated heterocycles. The average molecular weight is 219 g/mol. The first-order valence-electron chi connectivity index (χ1n) is 5.87. The first kappa shape index (κ1) is 12.6. The largest absolute Gasteiger partial charge is 0.397 e. The van der Waals surface area contributed by atoms with Gasteiger partial charge in [-0.1, -0.05) is 13.8 Å². The fourth-order valence-electron chi connectivity index (χ4n) is 1.95. The van der Waals surface area contributed by atoms with E-state index in [-0.39, 0.29) is 6.04 Å². The lowest BCUT2D eigenvalue weighted by Crippen LogP contribution is -2.09. The van der Waals surface area contributed by atoms with Crippen molar-refractivity contribution in [2.45, 2.75) is 46.6 Å². The van der Waals surface area contributed by atoms with E-state index in [2.05, 4.69) is 38.3 Å². The van der Waals surface area contributed by atoms with Gasteiger partial charge in [0.25, 0.3) is 0 Å². The minimum Gasteiger partial charge on any atom is -0.397 e. The van der Waals surface area contributed by atoms with Crippen LogP contribution in [-0.4, -0.2) is 4.57 Å². The van der Waals surface area contributed by atoms with E-state index in [4.69, 9.17) is 11.0 Å². The van der Waals surface area contributed by atoms with Crippen LogP contribution in [0.1, 0.15) is 51.5 Å². The number of nitrogens with two attached hydrogens (primary N) is 1. The SMILES string of the molecule is CC(C)CCc1c(N)cc(C#N)n1C(C)C. The van der Waals surface area contributed by atoms with Crippen LogP contribution in [0.3, 0.4) is 0 Å². The molecule has 16 heavy (non-hydrogen) atoms. The molecule has 0 bridgehead atoms. The van der Waals surface area contributed by atoms with Crippen LogP contribution >= 0.6 is 0 Å². The predicted molar refractivity (Wildman–Crippen MR) is 67.1 cm³/mol. The lowest BCUT2D eigenvalue weighted by atomic mass is 10.1. The highest BCUT2D eigenvalue weighted by atomic mass is 15.0. The van der Waals surface area contributed by atoms with Crippen molar-refractivity contribution in [3.63, 3.8) is 0 Å². The number of nitrogens with zero attached hydrogens (tertiary/aromatic N) is 2. The van der Waals surface area contributed by atoms with Crippen molar-refractivity contribution in [3.05, 3.63) is 17.5 Å². The maximum atomic E-state index is 9.06. The van der Waals surface area contributed by atoms with Crippen LogP contribution in [0.4, 0.5) is 5.69 Å². The normalized spacial score (nSPS) is 11.1. The molecule has 0 atom stereocenters. The summed E-state index contributed by atoms with van der Waals surface area (Å²) in [5.41, 5.74) is 8.51. The van der Waals surface area contributed by atoms with Crippen molar-refractivity contribution in [2.75, 3.05) is 5.73 Å². The molecule has 2 N–H and O–H groups in total. The molecule has 0 fully saturated rings. The van der Waals surface area contributed by atoms with Crippen molar-refractivity contribution in [1.29, 1.82) is 5.26 Å². The third kappa shape index (κ3) is 2.57. The quantitative estimate of drug-likeness (QED) is 0.846. The molecule has 1 aromatic rings. The van der Waals surface area contributed by atoms with Crippen molar-refractivity contribution in [2.24, 2.45) is 5.92 Å². The van der Waals surface area contributed by atoms with Crippen molar-refractivity contribution >= 4 is 5.69 Å². The van der Waals surface area contributed by atoms with Gasteiger partial charge in [-0.15, -0.1) is 0 Å². The minimum atomic E-state index is 0.286. The second kappa shape index (κ2) is 5.07. The summed E-state index contributed by atoms with van der Waals surface area (Å²) < 4.78 is 2.05. The van der Waals surface area contributed by atoms with Crippen LogP contribution in [0.25, 0.3) is 0 Å². The molecule has 1 rings (SSSR count). The Hall–Kier alpha value is -1.43. The lowest BCUT2D eigenvalue weighted by Gasteiger charge is -2.15. The smallest absolute Gasteiger partial charge is 0.122 e. The van der Waals surface area contributed by atoms with E-state index in [1.165, 1.54) is 0 Å². The Morgan fingerprint density at radius 3 is 2.44 bits per heavy atom. The number of hydrogen-bond acceptors (Lipinski definition) is 2. The van der Waals surface area contributed by atoms with E-state index in [1.807, 2.05) is 0 Å². The summed E-state index contributed by atoms with van der Waals surface area (Å²) in [7, 11) is 0. The summed E-state index contributed by atoms with van der Waals surface area (Å²) in [4.78, 5) is 0. The Morgan fingerprint density at radius 1 is 1.38 bits per heavy atom. The second-order valence-electron chi connectivity index (χ2n) is 4.94. The zero-order valence-corrected chi connectivity index (χ0v) is 10.6. The third-order valence-corrected chi connectivity index (χ3v) is 2.77. The summed E-state index contributed by atoms with van der Waals surface area (Å²) in [5, 5.41) is 9.06. The van der Waals surface area contributed by atoms with Crippen LogP contribution in [0, 0.1) is 17.2 Å². The van der Waals surface area contributed by atoms with E-state index in [0.29, 0.717) is 11.6 Å². The lowest BCUT2D eigenvalue weighted by molar-refractivity contribution is 0.531. The zero-order valence-electron chi connectivity index (χ0n) is 10.6. The van der Waals surface area contributed by atoms with Crippen LogP contribution in [0.2, 0.25) is 0 Å². The molecule has 3 heteroatoms. The molecule has 0 amide bonds. The Bertz CT molecular complexity index is 394. The molecular formula is C13H21N3. The van der Waals surface area contributed by atoms with E-state index < -0.39 is 0 Å². The van der Waals surface area contributed by atoms with Crippen molar-refractivity contribution in [1.82, 2.24) is 4.57 Å². The van der Waals surface area contributed by atoms with Gasteiger partial charge in [0.15, 0.2) is 0 Å². The topological polar surface area (TPSA) is 54.7 Å². The van der Waals surface area contributed by atoms with Gasteiger partial charge >= 0.3 is 0 Å². The number of hydrogen-bond donors (Lipinski definition) is 1. The fourth-order valence-corrected chi connectivity index (χ4v) is 1.95. The highest BCUT2D eigenvalue weighted by Crippen LogP contribution is 2.25. The first-order chi connectivity index (χ1) is 7.47. The fraction of sp³-hybridized carbons (Fsp3) is 0.615. The van der Waals surface area contributed by atoms with Gasteiger partial charge in [-0.2, -0.15) is 5.26 Å². The van der Waals surface area contributed by atoms with Gasteiger partial charge in [-0.3, -0.25) is 0 Å². The van der Waals surface area contributed by atoms with Gasteiger partial charge in [0.05, 0.1) is 5.69 Å². The molecule has 0 aliphatic rings. The van der Waals surface area contributed by atoms with Gasteiger partial charge in [0.2, 0.25) is 0 Å². The molecule has 0 spiro atoms. The highest BCUT2D eigenvalue weighted by molar-refractivity contribution is 5.51. The minimum absolute atomic E-state index is 0.286. The van der Waals surface area contributed by atoms with Crippen LogP contribution < -0.4 is 5.73 Å². The molecule has 0 saturated carbocycles. The van der Waals surface area contributed by atoms with Gasteiger partial charge < -0.3 is 10.3 Å². The molecule has 0 unspecified atom stereocenters. The molecule has 0 aliphatic heterocycles. The zero-order chi connectivity index (χ0) is 12.3. The first-order valence-corrected chi connectivity index (χ1v) is 5.87. The number of anilines is 1. The van der Waals surface area contributed by atoms with Crippen molar-refractivity contribution in [3.8, 4) is 6.07 Å². The van der Waals surface area contributed by atoms with E-state index in [0.717, 1.165) is 24.2 Å². The van der Waals surface area contributed by atoms with Crippen LogP contribution in [0.5, 0.6) is 0 Å². The van der Waals surface area contributed by atoms with Crippen LogP contribution in [0.15, 0.2) is 6.07 Å². The monoisotopic (exact) mass is 219 g/mol. The summed E-state index contributed by atoms with van der Waals surface area (Å²) in [5.74, 6) is 0.653. The van der Waals surface area contributed by atoms with Gasteiger partial charge in [0, 0.05) is 11.7 Å². The number of rotatable bonds is 4. The molecule has 1 aromatic heterocycles. The molecule has 0 radical (unpaired) electrons. The van der Waals surface area contributed by atoms with E-state index in [9.17, 15) is 0 Å². The summed E-state index contributed by atoms with van der Waals surface area (Å²) in [6.07, 6.45) is 2.05. The summed E-state index contributed by atoms with van der Waals surface area (Å²) in [6, 6.07) is 4.28. The molecule has 88 valence electrons. The molecule has 0 aromatic carbocycles. The van der Waals surface area contributed by atoms with E-state index >= 15 is 0 Å². The number of nitrogen functional groups attached to an aromatic ring is 1. The predicted octanol–water partition coefficient (Wildman–Crippen LogP) is 3.11. The van der Waals surface area contributed by atoms with Gasteiger partial charge in [0.1, 0.15) is 11.8 Å². The maximum absolute atomic E-state index is 9.06. The Morgan fingerprint density at radius 2 is 2.00 bits per heavy atom. The van der Waals surface area contributed by atoms with Gasteiger partial charge in [-0.05, 0) is 38.7 Å². The van der Waals surface area contributed by atoms with E-state index in [1.54, 1.807) is 6.07 Å². The summed E-state index contributed by atoms with van der Waals surface area (Å²) >= 11 is 0. The third-order valence-electron chi connectivity index (χ3n) is 2.77. The molecule has 0 aliphatic carbocycles. The molecular weight excluding hydrogens is 198 g/mol. The van der Waals surface area contributed by atoms with Crippen LogP contribution in [-0.2, 0) is 6.42 Å².